The molecular weight excluding hydrogens is 895 g/mol. The molecule has 0 radical (unpaired) electrons. The molecule has 6 aromatic heterocycles. The predicted octanol–water partition coefficient (Wildman–Crippen LogP) is 0.192. The molecule has 3 aromatic carbocycles. The second-order valence-corrected chi connectivity index (χ2v) is 12.5. The molecule has 0 amide bonds. The number of aromatic nitrogens is 6. The van der Waals surface area contributed by atoms with Crippen LogP contribution in [0.3, 0.4) is 0 Å². The van der Waals surface area contributed by atoms with E-state index in [-0.39, 0.29) is 38.4 Å². The fourth-order valence-electron chi connectivity index (χ4n) is 5.54. The molecule has 0 spiro atoms. The van der Waals surface area contributed by atoms with Crippen LogP contribution in [0, 0.1) is 0 Å². The molecule has 342 valence electrons. The van der Waals surface area contributed by atoms with Crippen molar-refractivity contribution in [1.82, 2.24) is 29.9 Å². The minimum absolute atomic E-state index is 0. The van der Waals surface area contributed by atoms with Gasteiger partial charge in [0.15, 0.2) is 0 Å². The summed E-state index contributed by atoms with van der Waals surface area (Å²) in [5.74, 6) is -6.27. The number of nitrogens with zero attached hydrogens (tertiary/aromatic N) is 6. The van der Waals surface area contributed by atoms with Crippen LogP contribution >= 0.6 is 0 Å². The first-order chi connectivity index (χ1) is 28.9. The number of fused-ring (bicyclic) bond motifs is 9. The number of carboxylic acids is 4. The van der Waals surface area contributed by atoms with Crippen molar-refractivity contribution in [3.63, 3.8) is 0 Å². The Bertz CT molecular complexity index is 2490. The number of hydrogen-bond donors (Lipinski definition) is 4. The number of pyridine rings is 6. The Labute approximate surface area is 377 Å². The van der Waals surface area contributed by atoms with Gasteiger partial charge in [0.05, 0.1) is 57.9 Å². The van der Waals surface area contributed by atoms with Crippen LogP contribution in [0.2, 0.25) is 0 Å². The first-order valence-corrected chi connectivity index (χ1v) is 17.9. The summed E-state index contributed by atoms with van der Waals surface area (Å²) in [4.78, 5) is 64.6. The zero-order valence-electron chi connectivity index (χ0n) is 33.7. The molecule has 0 bridgehead atoms. The van der Waals surface area contributed by atoms with Crippen molar-refractivity contribution in [3.8, 4) is 0 Å². The van der Waals surface area contributed by atoms with Crippen molar-refractivity contribution in [2.75, 3.05) is 0 Å². The Morgan fingerprint density at radius 1 is 0.385 bits per heavy atom. The topological polar surface area (TPSA) is 399 Å². The molecule has 9 rings (SSSR count). The van der Waals surface area contributed by atoms with E-state index in [9.17, 15) is 29.4 Å². The molecule has 0 fully saturated rings. The normalized spacial score (nSPS) is 10.5. The Morgan fingerprint density at radius 3 is 0.677 bits per heavy atom. The molecule has 12 N–H and O–H groups in total. The van der Waals surface area contributed by atoms with Gasteiger partial charge in [0.2, 0.25) is 0 Å². The van der Waals surface area contributed by atoms with Crippen LogP contribution < -0.4 is 10.2 Å². The molecule has 9 aromatic rings. The second-order valence-electron chi connectivity index (χ2n) is 12.5. The molecule has 0 aliphatic heterocycles. The van der Waals surface area contributed by atoms with Gasteiger partial charge in [-0.2, -0.15) is 0 Å². The summed E-state index contributed by atoms with van der Waals surface area (Å²) in [6, 6.07) is 36.4. The van der Waals surface area contributed by atoms with Crippen LogP contribution in [0.25, 0.3) is 65.4 Å². The van der Waals surface area contributed by atoms with Crippen molar-refractivity contribution in [3.05, 3.63) is 146 Å². The third-order valence-corrected chi connectivity index (χ3v) is 8.31. The van der Waals surface area contributed by atoms with Gasteiger partial charge in [-0.25, -0.2) is 0 Å². The minimum Gasteiger partial charge on any atom is -0.547 e. The van der Waals surface area contributed by atoms with Gasteiger partial charge in [-0.3, -0.25) is 39.5 Å². The summed E-state index contributed by atoms with van der Waals surface area (Å²) in [5.41, 5.74) is 5.86. The largest absolute Gasteiger partial charge is 2.00 e. The molecule has 21 heteroatoms. The number of hydrogen-bond acceptors (Lipinski definition) is 14. The fourth-order valence-corrected chi connectivity index (χ4v) is 5.54. The molecule has 2 atom stereocenters. The Balaban J connectivity index is 0.000000785. The summed E-state index contributed by atoms with van der Waals surface area (Å²) in [6.07, 6.45) is 5.38. The number of benzene rings is 3. The second kappa shape index (κ2) is 28.0. The van der Waals surface area contributed by atoms with E-state index in [1.807, 2.05) is 36.4 Å². The third kappa shape index (κ3) is 16.2. The van der Waals surface area contributed by atoms with Gasteiger partial charge in [0, 0.05) is 69.5 Å². The Kier molecular flexibility index (Phi) is 24.7. The van der Waals surface area contributed by atoms with Gasteiger partial charge in [-0.15, -0.1) is 0 Å². The van der Waals surface area contributed by atoms with Gasteiger partial charge in [-0.05, 0) is 36.4 Å². The van der Waals surface area contributed by atoms with E-state index in [4.69, 9.17) is 20.4 Å². The van der Waals surface area contributed by atoms with E-state index in [2.05, 4.69) is 103 Å². The quantitative estimate of drug-likeness (QED) is 0.128. The maximum absolute atomic E-state index is 9.66. The van der Waals surface area contributed by atoms with Gasteiger partial charge < -0.3 is 62.1 Å². The summed E-state index contributed by atoms with van der Waals surface area (Å²) in [6.45, 7) is 0. The van der Waals surface area contributed by atoms with Crippen molar-refractivity contribution < 1.29 is 88.2 Å². The molecule has 20 nitrogen and oxygen atoms in total. The van der Waals surface area contributed by atoms with Crippen LogP contribution in [0.5, 0.6) is 0 Å². The van der Waals surface area contributed by atoms with Crippen molar-refractivity contribution in [1.29, 1.82) is 0 Å². The minimum atomic E-state index is -1.90. The van der Waals surface area contributed by atoms with E-state index >= 15 is 0 Å². The smallest absolute Gasteiger partial charge is 0.547 e. The summed E-state index contributed by atoms with van der Waals surface area (Å²) >= 11 is 0. The van der Waals surface area contributed by atoms with Crippen LogP contribution in [0.1, 0.15) is 12.8 Å². The van der Waals surface area contributed by atoms with Crippen molar-refractivity contribution in [2.45, 2.75) is 25.0 Å². The summed E-state index contributed by atoms with van der Waals surface area (Å²) in [5, 5.41) is 58.3. The van der Waals surface area contributed by atoms with Crippen LogP contribution in [0.15, 0.2) is 146 Å². The molecular formula is C44H42N6NiO14. The fraction of sp³-hybridized carbons (Fsp3) is 0.0909. The zero-order valence-corrected chi connectivity index (χ0v) is 34.7. The van der Waals surface area contributed by atoms with E-state index < -0.39 is 48.9 Å². The Morgan fingerprint density at radius 2 is 0.554 bits per heavy atom. The number of carbonyl (C=O) groups is 4. The number of aliphatic hydroxyl groups is 2. The predicted molar refractivity (Wildman–Crippen MR) is 232 cm³/mol. The standard InChI is InChI=1S/3C12H8N2.2C4H6O5.Ni.4H2O/c3*1-3-9-5-6-10-4-2-8-14-12(10)11(9)13-7-1;2*5-2(4(8)9)1-3(6)7;;;;;/h3*1-8H;2*2,5H,1H2,(H,6,7)(H,8,9);;4*1H2/q;;;;;+2;;;;/p-2/t;;;2*2-;;;;;/m...11...../s1. The van der Waals surface area contributed by atoms with Crippen LogP contribution in [-0.4, -0.2) is 108 Å². The van der Waals surface area contributed by atoms with E-state index in [0.29, 0.717) is 0 Å². The number of carbonyl (C=O) groups excluding carboxylic acids is 2. The monoisotopic (exact) mass is 936 g/mol. The molecule has 6 heterocycles. The van der Waals surface area contributed by atoms with E-state index in [1.54, 1.807) is 37.2 Å². The molecule has 0 unspecified atom stereocenters. The molecule has 0 aliphatic rings. The number of carboxylic acid groups (broad SMARTS) is 4. The number of rotatable bonds is 6. The average molecular weight is 938 g/mol. The first kappa shape index (κ1) is 57.3. The van der Waals surface area contributed by atoms with E-state index in [1.165, 1.54) is 0 Å². The molecule has 65 heavy (non-hydrogen) atoms. The molecule has 0 aliphatic carbocycles. The zero-order chi connectivity index (χ0) is 43.0. The number of aliphatic hydroxyl groups excluding tert-OH is 2. The van der Waals surface area contributed by atoms with E-state index in [0.717, 1.165) is 65.4 Å². The van der Waals surface area contributed by atoms with Gasteiger partial charge in [0.1, 0.15) is 12.2 Å². The van der Waals surface area contributed by atoms with Crippen LogP contribution in [0.4, 0.5) is 0 Å². The van der Waals surface area contributed by atoms with Crippen molar-refractivity contribution >= 4 is 89.3 Å². The maximum atomic E-state index is 9.66. The number of aliphatic carboxylic acids is 4. The summed E-state index contributed by atoms with van der Waals surface area (Å²) in [7, 11) is 0. The average Bonchev–Trinajstić information content (AvgIpc) is 3.26. The van der Waals surface area contributed by atoms with Gasteiger partial charge >= 0.3 is 28.4 Å². The first-order valence-electron chi connectivity index (χ1n) is 17.9. The third-order valence-electron chi connectivity index (χ3n) is 8.31. The van der Waals surface area contributed by atoms with Gasteiger partial charge in [-0.1, -0.05) is 72.8 Å². The Hall–Kier alpha value is -7.75. The molecule has 0 saturated carbocycles. The van der Waals surface area contributed by atoms with Crippen LogP contribution in [-0.2, 0) is 35.7 Å². The van der Waals surface area contributed by atoms with Crippen molar-refractivity contribution in [2.24, 2.45) is 0 Å². The summed E-state index contributed by atoms with van der Waals surface area (Å²) < 4.78 is 0. The molecule has 0 saturated heterocycles. The van der Waals surface area contributed by atoms with Gasteiger partial charge in [0.25, 0.3) is 0 Å². The maximum Gasteiger partial charge on any atom is 2.00 e. The SMILES string of the molecule is O.O.O.O.O=C(O)C[C@@H](O)C(=O)[O-].O=C(O)C[C@@H](O)C(=O)[O-].[Ni+2].c1cnc2c(c1)ccc1cccnc12.c1cnc2c(c1)ccc1cccnc12.c1cnc2c(c1)ccc1cccnc12.